The summed E-state index contributed by atoms with van der Waals surface area (Å²) < 4.78 is 0. The van der Waals surface area contributed by atoms with Gasteiger partial charge in [-0.3, -0.25) is 19.3 Å². The standard InChI is InChI=1S/C24H27N3O3S/c1-5-26(6-2)19-12-10-18(11-13-19)14-20-23(29)27(24(30)31-20)15-21(28)25-22-16(3)8-7-9-17(22)4/h7-14H,5-6,15H2,1-4H3,(H,25,28)/b20-14+. The maximum absolute atomic E-state index is 12.7. The van der Waals surface area contributed by atoms with Gasteiger partial charge < -0.3 is 10.2 Å². The largest absolute Gasteiger partial charge is 0.372 e. The summed E-state index contributed by atoms with van der Waals surface area (Å²) in [6, 6.07) is 13.6. The molecule has 31 heavy (non-hydrogen) atoms. The molecule has 2 aromatic rings. The van der Waals surface area contributed by atoms with Crippen molar-refractivity contribution < 1.29 is 14.4 Å². The van der Waals surface area contributed by atoms with Gasteiger partial charge in [0.2, 0.25) is 5.91 Å². The first-order chi connectivity index (χ1) is 14.8. The predicted molar refractivity (Wildman–Crippen MR) is 127 cm³/mol. The van der Waals surface area contributed by atoms with Crippen LogP contribution < -0.4 is 10.2 Å². The average molecular weight is 438 g/mol. The number of carbonyl (C=O) groups excluding carboxylic acids is 3. The summed E-state index contributed by atoms with van der Waals surface area (Å²) >= 11 is 0.859. The minimum atomic E-state index is -0.445. The van der Waals surface area contributed by atoms with Crippen molar-refractivity contribution in [1.82, 2.24) is 4.90 Å². The number of carbonyl (C=O) groups is 3. The number of amides is 3. The zero-order valence-corrected chi connectivity index (χ0v) is 19.1. The van der Waals surface area contributed by atoms with Crippen molar-refractivity contribution in [1.29, 1.82) is 0 Å². The fourth-order valence-corrected chi connectivity index (χ4v) is 4.33. The number of hydrogen-bond acceptors (Lipinski definition) is 5. The number of benzene rings is 2. The summed E-state index contributed by atoms with van der Waals surface area (Å²) in [6.45, 7) is 9.52. The quantitative estimate of drug-likeness (QED) is 0.629. The first-order valence-corrected chi connectivity index (χ1v) is 11.1. The summed E-state index contributed by atoms with van der Waals surface area (Å²) in [5, 5.41) is 2.38. The maximum Gasteiger partial charge on any atom is 0.294 e. The Morgan fingerprint density at radius 3 is 2.23 bits per heavy atom. The fraction of sp³-hybridized carbons (Fsp3) is 0.292. The van der Waals surface area contributed by atoms with Crippen LogP contribution in [0.5, 0.6) is 0 Å². The number of nitrogens with zero attached hydrogens (tertiary/aromatic N) is 2. The topological polar surface area (TPSA) is 69.7 Å². The van der Waals surface area contributed by atoms with Crippen LogP contribution in [0, 0.1) is 13.8 Å². The molecule has 1 aliphatic heterocycles. The lowest BCUT2D eigenvalue weighted by Gasteiger charge is -2.20. The van der Waals surface area contributed by atoms with Gasteiger partial charge in [0.1, 0.15) is 6.54 Å². The molecule has 1 aliphatic rings. The van der Waals surface area contributed by atoms with Crippen LogP contribution in [-0.4, -0.2) is 41.6 Å². The van der Waals surface area contributed by atoms with Gasteiger partial charge in [-0.15, -0.1) is 0 Å². The molecule has 7 heteroatoms. The summed E-state index contributed by atoms with van der Waals surface area (Å²) in [5.74, 6) is -0.844. The van der Waals surface area contributed by atoms with E-state index in [0.29, 0.717) is 10.6 Å². The summed E-state index contributed by atoms with van der Waals surface area (Å²) in [7, 11) is 0. The van der Waals surface area contributed by atoms with Gasteiger partial charge in [0.15, 0.2) is 0 Å². The van der Waals surface area contributed by atoms with Crippen LogP contribution in [0.2, 0.25) is 0 Å². The van der Waals surface area contributed by atoms with Gasteiger partial charge in [-0.2, -0.15) is 0 Å². The minimum absolute atomic E-state index is 0.309. The third kappa shape index (κ3) is 5.17. The van der Waals surface area contributed by atoms with E-state index < -0.39 is 17.1 Å². The molecular weight excluding hydrogens is 410 g/mol. The Hall–Kier alpha value is -3.06. The van der Waals surface area contributed by atoms with E-state index in [2.05, 4.69) is 24.1 Å². The number of hydrogen-bond donors (Lipinski definition) is 1. The van der Waals surface area contributed by atoms with Crippen molar-refractivity contribution in [3.05, 3.63) is 64.1 Å². The molecule has 0 spiro atoms. The van der Waals surface area contributed by atoms with Gasteiger partial charge >= 0.3 is 0 Å². The van der Waals surface area contributed by atoms with Crippen molar-refractivity contribution in [3.63, 3.8) is 0 Å². The first-order valence-electron chi connectivity index (χ1n) is 10.3. The molecule has 162 valence electrons. The van der Waals surface area contributed by atoms with Crippen molar-refractivity contribution in [2.75, 3.05) is 29.9 Å². The third-order valence-corrected chi connectivity index (χ3v) is 6.15. The third-order valence-electron chi connectivity index (χ3n) is 5.24. The second-order valence-electron chi connectivity index (χ2n) is 7.35. The number of rotatable bonds is 7. The average Bonchev–Trinajstić information content (AvgIpc) is 3.00. The Labute approximate surface area is 187 Å². The first kappa shape index (κ1) is 22.6. The van der Waals surface area contributed by atoms with Crippen LogP contribution in [0.25, 0.3) is 6.08 Å². The molecule has 1 heterocycles. The summed E-state index contributed by atoms with van der Waals surface area (Å²) in [6.07, 6.45) is 1.69. The molecule has 0 aromatic heterocycles. The lowest BCUT2D eigenvalue weighted by molar-refractivity contribution is -0.127. The molecule has 0 atom stereocenters. The smallest absolute Gasteiger partial charge is 0.294 e. The van der Waals surface area contributed by atoms with Crippen molar-refractivity contribution in [2.45, 2.75) is 27.7 Å². The number of thioether (sulfide) groups is 1. The van der Waals surface area contributed by atoms with Crippen LogP contribution >= 0.6 is 11.8 Å². The fourth-order valence-electron chi connectivity index (χ4n) is 3.49. The molecule has 3 amide bonds. The molecule has 0 radical (unpaired) electrons. The normalized spacial score (nSPS) is 15.0. The molecule has 0 aliphatic carbocycles. The van der Waals surface area contributed by atoms with Crippen LogP contribution in [0.3, 0.4) is 0 Å². The molecule has 2 aromatic carbocycles. The molecule has 0 bridgehead atoms. The predicted octanol–water partition coefficient (Wildman–Crippen LogP) is 4.82. The Morgan fingerprint density at radius 1 is 1.03 bits per heavy atom. The van der Waals surface area contributed by atoms with Gasteiger partial charge in [-0.05, 0) is 74.4 Å². The highest BCUT2D eigenvalue weighted by atomic mass is 32.2. The van der Waals surface area contributed by atoms with E-state index in [1.54, 1.807) is 6.08 Å². The van der Waals surface area contributed by atoms with Crippen LogP contribution in [-0.2, 0) is 9.59 Å². The SMILES string of the molecule is CCN(CC)c1ccc(/C=C2/SC(=O)N(CC(=O)Nc3c(C)cccc3C)C2=O)cc1. The molecule has 6 nitrogen and oxygen atoms in total. The van der Waals surface area contributed by atoms with E-state index in [0.717, 1.165) is 52.1 Å². The molecule has 3 rings (SSSR count). The molecule has 1 N–H and O–H groups in total. The van der Waals surface area contributed by atoms with E-state index in [4.69, 9.17) is 0 Å². The monoisotopic (exact) mass is 437 g/mol. The molecule has 1 fully saturated rings. The number of nitrogens with one attached hydrogen (secondary N) is 1. The Kier molecular flexibility index (Phi) is 7.17. The van der Waals surface area contributed by atoms with Crippen molar-refractivity contribution in [2.24, 2.45) is 0 Å². The van der Waals surface area contributed by atoms with Crippen molar-refractivity contribution >= 4 is 46.3 Å². The number of anilines is 2. The maximum atomic E-state index is 12.7. The molecule has 1 saturated heterocycles. The van der Waals surface area contributed by atoms with Crippen LogP contribution in [0.15, 0.2) is 47.4 Å². The van der Waals surface area contributed by atoms with E-state index in [1.807, 2.05) is 56.3 Å². The Bertz CT molecular complexity index is 1010. The highest BCUT2D eigenvalue weighted by molar-refractivity contribution is 8.18. The molecule has 0 unspecified atom stereocenters. The van der Waals surface area contributed by atoms with Gasteiger partial charge in [-0.1, -0.05) is 30.3 Å². The van der Waals surface area contributed by atoms with E-state index in [1.165, 1.54) is 0 Å². The molecular formula is C24H27N3O3S. The van der Waals surface area contributed by atoms with E-state index >= 15 is 0 Å². The highest BCUT2D eigenvalue weighted by Crippen LogP contribution is 2.32. The summed E-state index contributed by atoms with van der Waals surface area (Å²) in [4.78, 5) is 41.1. The lowest BCUT2D eigenvalue weighted by Crippen LogP contribution is -2.36. The van der Waals surface area contributed by atoms with Gasteiger partial charge in [0, 0.05) is 24.5 Å². The van der Waals surface area contributed by atoms with Gasteiger partial charge in [0.25, 0.3) is 11.1 Å². The Balaban J connectivity index is 1.69. The van der Waals surface area contributed by atoms with Gasteiger partial charge in [0.05, 0.1) is 4.91 Å². The van der Waals surface area contributed by atoms with E-state index in [-0.39, 0.29) is 6.54 Å². The van der Waals surface area contributed by atoms with Crippen LogP contribution in [0.4, 0.5) is 16.2 Å². The zero-order chi connectivity index (χ0) is 22.5. The summed E-state index contributed by atoms with van der Waals surface area (Å²) in [5.41, 5.74) is 4.51. The zero-order valence-electron chi connectivity index (χ0n) is 18.3. The van der Waals surface area contributed by atoms with Gasteiger partial charge in [-0.25, -0.2) is 0 Å². The van der Waals surface area contributed by atoms with E-state index in [9.17, 15) is 14.4 Å². The Morgan fingerprint density at radius 2 is 1.65 bits per heavy atom. The highest BCUT2D eigenvalue weighted by Gasteiger charge is 2.36. The lowest BCUT2D eigenvalue weighted by atomic mass is 10.1. The number of imide groups is 1. The van der Waals surface area contributed by atoms with Crippen molar-refractivity contribution in [3.8, 4) is 0 Å². The number of aryl methyl sites for hydroxylation is 2. The minimum Gasteiger partial charge on any atom is -0.372 e. The second kappa shape index (κ2) is 9.83. The molecule has 0 saturated carbocycles. The number of para-hydroxylation sites is 1. The van der Waals surface area contributed by atoms with Crippen LogP contribution in [0.1, 0.15) is 30.5 Å². The second-order valence-corrected chi connectivity index (χ2v) is 8.34.